The van der Waals surface area contributed by atoms with Crippen molar-refractivity contribution in [3.05, 3.63) is 58.6 Å². The van der Waals surface area contributed by atoms with Crippen LogP contribution in [0.5, 0.6) is 0 Å². The Morgan fingerprint density at radius 3 is 2.67 bits per heavy atom. The first-order valence-electron chi connectivity index (χ1n) is 6.81. The average Bonchev–Trinajstić information content (AvgIpc) is 2.79. The molecule has 108 valence electrons. The highest BCUT2D eigenvalue weighted by molar-refractivity contribution is 6.34. The van der Waals surface area contributed by atoms with Gasteiger partial charge in [0, 0.05) is 18.0 Å². The van der Waals surface area contributed by atoms with Crippen LogP contribution in [0.2, 0.25) is 5.02 Å². The van der Waals surface area contributed by atoms with Gasteiger partial charge in [-0.1, -0.05) is 23.7 Å². The van der Waals surface area contributed by atoms with E-state index in [1.807, 2.05) is 43.3 Å². The second kappa shape index (κ2) is 6.04. The fourth-order valence-electron chi connectivity index (χ4n) is 2.46. The Kier molecular flexibility index (Phi) is 4.13. The summed E-state index contributed by atoms with van der Waals surface area (Å²) in [6.07, 6.45) is 0.707. The van der Waals surface area contributed by atoms with Gasteiger partial charge in [-0.2, -0.15) is 0 Å². The van der Waals surface area contributed by atoms with Crippen molar-refractivity contribution in [2.75, 3.05) is 5.88 Å². The maximum Gasteiger partial charge on any atom is 0.111 e. The minimum Gasteiger partial charge on any atom is -0.322 e. The van der Waals surface area contributed by atoms with Crippen LogP contribution in [0.25, 0.3) is 11.0 Å². The Bertz CT molecular complexity index is 780. The lowest BCUT2D eigenvalue weighted by molar-refractivity contribution is 0.735. The van der Waals surface area contributed by atoms with E-state index in [0.717, 1.165) is 28.2 Å². The first-order valence-corrected chi connectivity index (χ1v) is 7.72. The monoisotopic (exact) mass is 319 g/mol. The van der Waals surface area contributed by atoms with Crippen molar-refractivity contribution in [2.24, 2.45) is 0 Å². The lowest BCUT2D eigenvalue weighted by Gasteiger charge is -2.08. The number of halogens is 2. The lowest BCUT2D eigenvalue weighted by atomic mass is 10.3. The van der Waals surface area contributed by atoms with E-state index in [4.69, 9.17) is 23.2 Å². The summed E-state index contributed by atoms with van der Waals surface area (Å²) in [7, 11) is 0. The minimum atomic E-state index is 0.530. The third-order valence-corrected chi connectivity index (χ3v) is 3.89. The Balaban J connectivity index is 2.11. The molecule has 2 heterocycles. The van der Waals surface area contributed by atoms with Crippen LogP contribution < -0.4 is 0 Å². The third-order valence-electron chi connectivity index (χ3n) is 3.39. The number of pyridine rings is 1. The summed E-state index contributed by atoms with van der Waals surface area (Å²) < 4.78 is 2.14. The van der Waals surface area contributed by atoms with Crippen LogP contribution in [0.4, 0.5) is 0 Å². The van der Waals surface area contributed by atoms with E-state index in [0.29, 0.717) is 23.9 Å². The molecule has 0 aliphatic rings. The topological polar surface area (TPSA) is 30.7 Å². The van der Waals surface area contributed by atoms with Crippen LogP contribution in [-0.2, 0) is 13.0 Å². The number of hydrogen-bond donors (Lipinski definition) is 0. The molecule has 2 aromatic heterocycles. The van der Waals surface area contributed by atoms with Gasteiger partial charge in [-0.05, 0) is 31.2 Å². The molecular weight excluding hydrogens is 305 g/mol. The quantitative estimate of drug-likeness (QED) is 0.674. The van der Waals surface area contributed by atoms with E-state index in [9.17, 15) is 0 Å². The summed E-state index contributed by atoms with van der Waals surface area (Å²) in [5.74, 6) is 1.47. The van der Waals surface area contributed by atoms with Crippen LogP contribution >= 0.6 is 23.2 Å². The fourth-order valence-corrected chi connectivity index (χ4v) is 2.84. The molecule has 0 N–H and O–H groups in total. The number of imidazole rings is 1. The highest BCUT2D eigenvalue weighted by Crippen LogP contribution is 2.25. The Morgan fingerprint density at radius 2 is 1.90 bits per heavy atom. The molecule has 0 saturated carbocycles. The molecule has 5 heteroatoms. The Morgan fingerprint density at radius 1 is 1.10 bits per heavy atom. The molecule has 0 fully saturated rings. The molecule has 3 rings (SSSR count). The zero-order valence-corrected chi connectivity index (χ0v) is 13.2. The maximum atomic E-state index is 6.25. The Hall–Kier alpha value is -1.58. The molecule has 21 heavy (non-hydrogen) atoms. The molecule has 0 aliphatic carbocycles. The van der Waals surface area contributed by atoms with Gasteiger partial charge in [-0.15, -0.1) is 11.6 Å². The van der Waals surface area contributed by atoms with Crippen molar-refractivity contribution in [1.82, 2.24) is 14.5 Å². The maximum absolute atomic E-state index is 6.25. The van der Waals surface area contributed by atoms with Crippen LogP contribution in [0.1, 0.15) is 17.2 Å². The number of aryl methyl sites for hydroxylation is 2. The molecule has 0 bridgehead atoms. The highest BCUT2D eigenvalue weighted by atomic mass is 35.5. The number of hydrogen-bond acceptors (Lipinski definition) is 2. The van der Waals surface area contributed by atoms with Gasteiger partial charge in [0.2, 0.25) is 0 Å². The van der Waals surface area contributed by atoms with Gasteiger partial charge < -0.3 is 4.57 Å². The second-order valence-corrected chi connectivity index (χ2v) is 5.72. The predicted octanol–water partition coefficient (Wildman–Crippen LogP) is 4.22. The highest BCUT2D eigenvalue weighted by Gasteiger charge is 2.13. The predicted molar refractivity (Wildman–Crippen MR) is 87.2 cm³/mol. The second-order valence-electron chi connectivity index (χ2n) is 4.93. The SMILES string of the molecule is Cc1cccc(Cn2c(CCCl)nc3c(Cl)cccc32)n1. The summed E-state index contributed by atoms with van der Waals surface area (Å²) in [5.41, 5.74) is 3.86. The first kappa shape index (κ1) is 14.4. The number of aromatic nitrogens is 3. The van der Waals surface area contributed by atoms with Gasteiger partial charge in [0.05, 0.1) is 22.8 Å². The molecule has 0 saturated heterocycles. The lowest BCUT2D eigenvalue weighted by Crippen LogP contribution is -2.07. The third kappa shape index (κ3) is 2.89. The molecule has 0 atom stereocenters. The molecule has 0 aliphatic heterocycles. The van der Waals surface area contributed by atoms with Gasteiger partial charge in [0.25, 0.3) is 0 Å². The van der Waals surface area contributed by atoms with Crippen molar-refractivity contribution in [2.45, 2.75) is 19.9 Å². The summed E-state index contributed by atoms with van der Waals surface area (Å²) in [6, 6.07) is 11.9. The number of alkyl halides is 1. The molecule has 0 amide bonds. The number of nitrogens with zero attached hydrogens (tertiary/aromatic N) is 3. The summed E-state index contributed by atoms with van der Waals surface area (Å²) in [5, 5.41) is 0.666. The largest absolute Gasteiger partial charge is 0.322 e. The van der Waals surface area contributed by atoms with Crippen LogP contribution in [0.15, 0.2) is 36.4 Å². The molecule has 1 aromatic carbocycles. The van der Waals surface area contributed by atoms with Crippen LogP contribution in [0, 0.1) is 6.92 Å². The summed E-state index contributed by atoms with van der Waals surface area (Å²) in [6.45, 7) is 2.66. The van der Waals surface area contributed by atoms with E-state index in [1.54, 1.807) is 0 Å². The first-order chi connectivity index (χ1) is 10.2. The van der Waals surface area contributed by atoms with Gasteiger partial charge in [0.15, 0.2) is 0 Å². The van der Waals surface area contributed by atoms with Crippen LogP contribution in [-0.4, -0.2) is 20.4 Å². The standard InChI is InChI=1S/C16H15Cl2N3/c1-11-4-2-5-12(19-11)10-21-14-7-3-6-13(18)16(14)20-15(21)8-9-17/h2-7H,8-10H2,1H3. The Labute approximate surface area is 133 Å². The number of rotatable bonds is 4. The summed E-state index contributed by atoms with van der Waals surface area (Å²) in [4.78, 5) is 9.20. The van der Waals surface area contributed by atoms with Gasteiger partial charge >= 0.3 is 0 Å². The molecular formula is C16H15Cl2N3. The van der Waals surface area contributed by atoms with Crippen molar-refractivity contribution in [1.29, 1.82) is 0 Å². The summed E-state index contributed by atoms with van der Waals surface area (Å²) >= 11 is 12.1. The molecule has 0 unspecified atom stereocenters. The van der Waals surface area contributed by atoms with E-state index in [-0.39, 0.29) is 0 Å². The molecule has 0 radical (unpaired) electrons. The van der Waals surface area contributed by atoms with Crippen LogP contribution in [0.3, 0.4) is 0 Å². The van der Waals surface area contributed by atoms with E-state index in [2.05, 4.69) is 14.5 Å². The smallest absolute Gasteiger partial charge is 0.111 e. The zero-order chi connectivity index (χ0) is 14.8. The number of fused-ring (bicyclic) bond motifs is 1. The van der Waals surface area contributed by atoms with Gasteiger partial charge in [-0.3, -0.25) is 4.98 Å². The van der Waals surface area contributed by atoms with Gasteiger partial charge in [-0.25, -0.2) is 4.98 Å². The van der Waals surface area contributed by atoms with Crippen molar-refractivity contribution in [3.63, 3.8) is 0 Å². The van der Waals surface area contributed by atoms with Crippen molar-refractivity contribution >= 4 is 34.2 Å². The fraction of sp³-hybridized carbons (Fsp3) is 0.250. The van der Waals surface area contributed by atoms with Gasteiger partial charge in [0.1, 0.15) is 11.3 Å². The molecule has 3 nitrogen and oxygen atoms in total. The average molecular weight is 320 g/mol. The normalized spacial score (nSPS) is 11.2. The number of benzene rings is 1. The number of para-hydroxylation sites is 1. The van der Waals surface area contributed by atoms with E-state index < -0.39 is 0 Å². The van der Waals surface area contributed by atoms with Crippen molar-refractivity contribution < 1.29 is 0 Å². The minimum absolute atomic E-state index is 0.530. The van der Waals surface area contributed by atoms with Crippen molar-refractivity contribution in [3.8, 4) is 0 Å². The molecule has 3 aromatic rings. The zero-order valence-electron chi connectivity index (χ0n) is 11.7. The van der Waals surface area contributed by atoms with E-state index >= 15 is 0 Å². The van der Waals surface area contributed by atoms with E-state index in [1.165, 1.54) is 0 Å². The molecule has 0 spiro atoms.